The molecule has 0 saturated heterocycles. The van der Waals surface area contributed by atoms with E-state index in [0.29, 0.717) is 6.42 Å². The third-order valence-corrected chi connectivity index (χ3v) is 3.54. The van der Waals surface area contributed by atoms with Crippen molar-refractivity contribution in [3.8, 4) is 0 Å². The van der Waals surface area contributed by atoms with Crippen molar-refractivity contribution in [1.82, 2.24) is 0 Å². The molecule has 0 bridgehead atoms. The minimum absolute atomic E-state index is 0.194. The fourth-order valence-electron chi connectivity index (χ4n) is 2.29. The molecule has 0 amide bonds. The van der Waals surface area contributed by atoms with Crippen molar-refractivity contribution in [2.45, 2.75) is 89.6 Å². The number of hydrogen-bond donors (Lipinski definition) is 2. The fourth-order valence-corrected chi connectivity index (χ4v) is 2.29. The van der Waals surface area contributed by atoms with E-state index in [2.05, 4.69) is 0 Å². The van der Waals surface area contributed by atoms with Crippen LogP contribution >= 0.6 is 0 Å². The molecule has 2 N–H and O–H groups in total. The van der Waals surface area contributed by atoms with Gasteiger partial charge in [0.25, 0.3) is 0 Å². The normalized spacial score (nSPS) is 12.2. The van der Waals surface area contributed by atoms with E-state index in [1.807, 2.05) is 0 Å². The van der Waals surface area contributed by atoms with Crippen LogP contribution in [0.2, 0.25) is 0 Å². The largest absolute Gasteiger partial charge is 0.481 e. The van der Waals surface area contributed by atoms with Crippen LogP contribution in [0.1, 0.15) is 83.5 Å². The molecule has 1 unspecified atom stereocenters. The number of aliphatic hydroxyl groups is 1. The average Bonchev–Trinajstić information content (AvgIpc) is 2.41. The van der Waals surface area contributed by atoms with Gasteiger partial charge in [0, 0.05) is 12.8 Å². The second-order valence-corrected chi connectivity index (χ2v) is 5.51. The van der Waals surface area contributed by atoms with Gasteiger partial charge in [0.1, 0.15) is 6.29 Å². The van der Waals surface area contributed by atoms with Crippen LogP contribution in [0.3, 0.4) is 0 Å². The molecule has 118 valence electrons. The maximum Gasteiger partial charge on any atom is 0.303 e. The van der Waals surface area contributed by atoms with E-state index in [1.54, 1.807) is 0 Å². The average molecular weight is 286 g/mol. The molecule has 0 radical (unpaired) electrons. The number of carbonyl (C=O) groups is 2. The first-order valence-corrected chi connectivity index (χ1v) is 8.00. The summed E-state index contributed by atoms with van der Waals surface area (Å²) in [6.07, 6.45) is 12.5. The highest BCUT2D eigenvalue weighted by Gasteiger charge is 2.03. The topological polar surface area (TPSA) is 74.6 Å². The quantitative estimate of drug-likeness (QED) is 0.355. The maximum absolute atomic E-state index is 10.3. The van der Waals surface area contributed by atoms with Gasteiger partial charge in [0.2, 0.25) is 0 Å². The molecule has 0 aromatic rings. The Morgan fingerprint density at radius 1 is 0.850 bits per heavy atom. The molecular formula is C16H30O4. The third-order valence-electron chi connectivity index (χ3n) is 3.54. The van der Waals surface area contributed by atoms with Gasteiger partial charge in [0.15, 0.2) is 0 Å². The van der Waals surface area contributed by atoms with Gasteiger partial charge in [-0.2, -0.15) is 0 Å². The van der Waals surface area contributed by atoms with Crippen LogP contribution in [0.25, 0.3) is 0 Å². The SMILES string of the molecule is O=CCCCCCCC(O)CCCCCCCC(=O)O. The number of aliphatic carboxylic acids is 1. The van der Waals surface area contributed by atoms with Crippen molar-refractivity contribution < 1.29 is 19.8 Å². The second kappa shape index (κ2) is 14.5. The summed E-state index contributed by atoms with van der Waals surface area (Å²) in [5, 5.41) is 18.3. The summed E-state index contributed by atoms with van der Waals surface area (Å²) in [5.41, 5.74) is 0. The second-order valence-electron chi connectivity index (χ2n) is 5.51. The molecule has 0 fully saturated rings. The zero-order chi connectivity index (χ0) is 15.1. The Bertz CT molecular complexity index is 241. The Kier molecular flexibility index (Phi) is 13.9. The Labute approximate surface area is 122 Å². The van der Waals surface area contributed by atoms with Crippen LogP contribution in [-0.4, -0.2) is 28.6 Å². The first kappa shape index (κ1) is 19.1. The molecule has 1 atom stereocenters. The van der Waals surface area contributed by atoms with E-state index < -0.39 is 5.97 Å². The number of hydrogen-bond acceptors (Lipinski definition) is 3. The van der Waals surface area contributed by atoms with Gasteiger partial charge < -0.3 is 15.0 Å². The molecular weight excluding hydrogens is 256 g/mol. The number of carboxylic acid groups (broad SMARTS) is 1. The van der Waals surface area contributed by atoms with E-state index in [9.17, 15) is 14.7 Å². The monoisotopic (exact) mass is 286 g/mol. The number of aldehydes is 1. The van der Waals surface area contributed by atoms with Crippen LogP contribution in [0.4, 0.5) is 0 Å². The van der Waals surface area contributed by atoms with E-state index in [4.69, 9.17) is 5.11 Å². The summed E-state index contributed by atoms with van der Waals surface area (Å²) >= 11 is 0. The van der Waals surface area contributed by atoms with Crippen LogP contribution in [0.15, 0.2) is 0 Å². The highest BCUT2D eigenvalue weighted by molar-refractivity contribution is 5.66. The summed E-state index contributed by atoms with van der Waals surface area (Å²) in [4.78, 5) is 20.4. The molecule has 0 saturated carbocycles. The molecule has 4 heteroatoms. The predicted octanol–water partition coefficient (Wildman–Crippen LogP) is 3.70. The summed E-state index contributed by atoms with van der Waals surface area (Å²) in [7, 11) is 0. The van der Waals surface area contributed by atoms with Gasteiger partial charge in [-0.1, -0.05) is 44.9 Å². The lowest BCUT2D eigenvalue weighted by Gasteiger charge is -2.10. The highest BCUT2D eigenvalue weighted by Crippen LogP contribution is 2.13. The Hall–Kier alpha value is -0.900. The molecule has 20 heavy (non-hydrogen) atoms. The van der Waals surface area contributed by atoms with Crippen LogP contribution in [0.5, 0.6) is 0 Å². The number of rotatable bonds is 15. The van der Waals surface area contributed by atoms with Crippen molar-refractivity contribution in [3.05, 3.63) is 0 Å². The number of unbranched alkanes of at least 4 members (excludes halogenated alkanes) is 8. The lowest BCUT2D eigenvalue weighted by atomic mass is 10.0. The first-order valence-electron chi connectivity index (χ1n) is 8.00. The van der Waals surface area contributed by atoms with Gasteiger partial charge >= 0.3 is 5.97 Å². The lowest BCUT2D eigenvalue weighted by Crippen LogP contribution is -2.05. The molecule has 0 aliphatic carbocycles. The highest BCUT2D eigenvalue weighted by atomic mass is 16.4. The number of aliphatic hydroxyl groups excluding tert-OH is 1. The van der Waals surface area contributed by atoms with Crippen LogP contribution in [0, 0.1) is 0 Å². The zero-order valence-electron chi connectivity index (χ0n) is 12.6. The van der Waals surface area contributed by atoms with Crippen LogP contribution < -0.4 is 0 Å². The van der Waals surface area contributed by atoms with E-state index in [-0.39, 0.29) is 12.5 Å². The standard InChI is InChI=1S/C16H30O4/c17-14-10-6-2-4-8-12-15(18)11-7-3-1-5-9-13-16(19)20/h14-15,18H,1-13H2,(H,19,20). The smallest absolute Gasteiger partial charge is 0.303 e. The van der Waals surface area contributed by atoms with Crippen molar-refractivity contribution in [2.24, 2.45) is 0 Å². The Balaban J connectivity index is 3.18. The van der Waals surface area contributed by atoms with Crippen molar-refractivity contribution in [3.63, 3.8) is 0 Å². The summed E-state index contributed by atoms with van der Waals surface area (Å²) in [6.45, 7) is 0. The zero-order valence-corrected chi connectivity index (χ0v) is 12.6. The van der Waals surface area contributed by atoms with E-state index >= 15 is 0 Å². The van der Waals surface area contributed by atoms with Gasteiger partial charge in [-0.15, -0.1) is 0 Å². The van der Waals surface area contributed by atoms with Crippen molar-refractivity contribution in [2.75, 3.05) is 0 Å². The van der Waals surface area contributed by atoms with Gasteiger partial charge in [0.05, 0.1) is 6.10 Å². The lowest BCUT2D eigenvalue weighted by molar-refractivity contribution is -0.137. The summed E-state index contributed by atoms with van der Waals surface area (Å²) in [6, 6.07) is 0. The maximum atomic E-state index is 10.3. The number of carboxylic acids is 1. The molecule has 0 spiro atoms. The van der Waals surface area contributed by atoms with Crippen molar-refractivity contribution in [1.29, 1.82) is 0 Å². The molecule has 0 aliphatic rings. The predicted molar refractivity (Wildman–Crippen MR) is 79.7 cm³/mol. The molecule has 4 nitrogen and oxygen atoms in total. The third kappa shape index (κ3) is 15.2. The van der Waals surface area contributed by atoms with Gasteiger partial charge in [-0.25, -0.2) is 0 Å². The molecule has 0 aliphatic heterocycles. The van der Waals surface area contributed by atoms with E-state index in [1.165, 1.54) is 0 Å². The molecule has 0 aromatic heterocycles. The Morgan fingerprint density at radius 3 is 1.90 bits per heavy atom. The number of carbonyl (C=O) groups excluding carboxylic acids is 1. The minimum Gasteiger partial charge on any atom is -0.481 e. The van der Waals surface area contributed by atoms with Gasteiger partial charge in [-0.05, 0) is 25.7 Å². The fraction of sp³-hybridized carbons (Fsp3) is 0.875. The van der Waals surface area contributed by atoms with Gasteiger partial charge in [-0.3, -0.25) is 4.79 Å². The molecule has 0 heterocycles. The van der Waals surface area contributed by atoms with Crippen LogP contribution in [-0.2, 0) is 9.59 Å². The minimum atomic E-state index is -0.714. The van der Waals surface area contributed by atoms with E-state index in [0.717, 1.165) is 76.9 Å². The first-order chi connectivity index (χ1) is 9.66. The molecule has 0 aromatic carbocycles. The Morgan fingerprint density at radius 2 is 1.35 bits per heavy atom. The summed E-state index contributed by atoms with van der Waals surface area (Å²) < 4.78 is 0. The molecule has 0 rings (SSSR count). The summed E-state index contributed by atoms with van der Waals surface area (Å²) in [5.74, 6) is -0.714. The van der Waals surface area contributed by atoms with Crippen molar-refractivity contribution >= 4 is 12.3 Å².